The van der Waals surface area contributed by atoms with Gasteiger partial charge in [-0.2, -0.15) is 0 Å². The summed E-state index contributed by atoms with van der Waals surface area (Å²) >= 11 is 0. The lowest BCUT2D eigenvalue weighted by atomic mass is 10.0. The summed E-state index contributed by atoms with van der Waals surface area (Å²) in [6.45, 7) is 8.31. The number of nitrogens with two attached hydrogens (primary N) is 1. The van der Waals surface area contributed by atoms with Crippen molar-refractivity contribution in [3.8, 4) is 5.75 Å². The molecule has 1 saturated heterocycles. The van der Waals surface area contributed by atoms with E-state index in [1.807, 2.05) is 52.0 Å². The van der Waals surface area contributed by atoms with Crippen LogP contribution in [0.15, 0.2) is 24.3 Å². The number of amides is 1. The van der Waals surface area contributed by atoms with E-state index in [2.05, 4.69) is 0 Å². The second-order valence-corrected chi connectivity index (χ2v) is 6.86. The second-order valence-electron chi connectivity index (χ2n) is 6.86. The Morgan fingerprint density at radius 3 is 2.68 bits per heavy atom. The number of hydrogen-bond donors (Lipinski definition) is 1. The summed E-state index contributed by atoms with van der Waals surface area (Å²) in [5, 5.41) is 0. The Morgan fingerprint density at radius 1 is 1.36 bits per heavy atom. The molecular formula is C17H26N2O3. The highest BCUT2D eigenvalue weighted by Gasteiger charge is 2.32. The van der Waals surface area contributed by atoms with E-state index in [1.54, 1.807) is 4.90 Å². The SMILES string of the molecule is C[C@@H]1C[C@H](Oc2cccc(N)c2)CCN1C(=O)OC(C)(C)C. The van der Waals surface area contributed by atoms with Crippen molar-refractivity contribution in [3.05, 3.63) is 24.3 Å². The zero-order valence-electron chi connectivity index (χ0n) is 13.8. The number of carbonyl (C=O) groups is 1. The molecule has 1 heterocycles. The minimum absolute atomic E-state index is 0.0923. The number of likely N-dealkylation sites (tertiary alicyclic amines) is 1. The molecular weight excluding hydrogens is 280 g/mol. The maximum atomic E-state index is 12.2. The minimum Gasteiger partial charge on any atom is -0.490 e. The van der Waals surface area contributed by atoms with Gasteiger partial charge in [0.15, 0.2) is 0 Å². The molecule has 0 radical (unpaired) electrons. The molecule has 0 saturated carbocycles. The van der Waals surface area contributed by atoms with Gasteiger partial charge in [0.2, 0.25) is 0 Å². The number of nitrogen functional groups attached to an aromatic ring is 1. The zero-order valence-corrected chi connectivity index (χ0v) is 13.8. The lowest BCUT2D eigenvalue weighted by Crippen LogP contribution is -2.49. The fourth-order valence-corrected chi connectivity index (χ4v) is 2.61. The fourth-order valence-electron chi connectivity index (χ4n) is 2.61. The third-order valence-corrected chi connectivity index (χ3v) is 3.62. The second kappa shape index (κ2) is 6.46. The number of benzene rings is 1. The number of hydrogen-bond acceptors (Lipinski definition) is 4. The van der Waals surface area contributed by atoms with E-state index in [-0.39, 0.29) is 18.2 Å². The lowest BCUT2D eigenvalue weighted by Gasteiger charge is -2.38. The first-order chi connectivity index (χ1) is 10.2. The van der Waals surface area contributed by atoms with Crippen molar-refractivity contribution in [1.29, 1.82) is 0 Å². The van der Waals surface area contributed by atoms with Crippen LogP contribution in [0.3, 0.4) is 0 Å². The Bertz CT molecular complexity index is 525. The van der Waals surface area contributed by atoms with Crippen molar-refractivity contribution >= 4 is 11.8 Å². The van der Waals surface area contributed by atoms with Gasteiger partial charge in [-0.3, -0.25) is 0 Å². The summed E-state index contributed by atoms with van der Waals surface area (Å²) in [6.07, 6.45) is 1.42. The van der Waals surface area contributed by atoms with Gasteiger partial charge in [0, 0.05) is 37.2 Å². The highest BCUT2D eigenvalue weighted by molar-refractivity contribution is 5.68. The molecule has 1 aromatic rings. The Kier molecular flexibility index (Phi) is 4.84. The van der Waals surface area contributed by atoms with Gasteiger partial charge >= 0.3 is 6.09 Å². The maximum Gasteiger partial charge on any atom is 0.410 e. The predicted molar refractivity (Wildman–Crippen MR) is 86.9 cm³/mol. The standard InChI is InChI=1S/C17H26N2O3/c1-12-10-15(21-14-7-5-6-13(18)11-14)8-9-19(12)16(20)22-17(2,3)4/h5-7,11-12,15H,8-10,18H2,1-4H3/t12-,15-/m1/s1. The molecule has 2 atom stereocenters. The van der Waals surface area contributed by atoms with E-state index >= 15 is 0 Å². The predicted octanol–water partition coefficient (Wildman–Crippen LogP) is 3.44. The van der Waals surface area contributed by atoms with E-state index in [0.29, 0.717) is 12.2 Å². The minimum atomic E-state index is -0.467. The Balaban J connectivity index is 1.91. The highest BCUT2D eigenvalue weighted by atomic mass is 16.6. The average Bonchev–Trinajstić information content (AvgIpc) is 2.36. The van der Waals surface area contributed by atoms with Gasteiger partial charge < -0.3 is 20.1 Å². The van der Waals surface area contributed by atoms with Crippen LogP contribution in [-0.2, 0) is 4.74 Å². The number of anilines is 1. The fraction of sp³-hybridized carbons (Fsp3) is 0.588. The monoisotopic (exact) mass is 306 g/mol. The van der Waals surface area contributed by atoms with E-state index in [4.69, 9.17) is 15.2 Å². The highest BCUT2D eigenvalue weighted by Crippen LogP contribution is 2.25. The van der Waals surface area contributed by atoms with Crippen LogP contribution in [0, 0.1) is 0 Å². The Morgan fingerprint density at radius 2 is 2.09 bits per heavy atom. The molecule has 2 N–H and O–H groups in total. The van der Waals surface area contributed by atoms with E-state index < -0.39 is 5.60 Å². The van der Waals surface area contributed by atoms with Crippen LogP contribution in [0.5, 0.6) is 5.75 Å². The van der Waals surface area contributed by atoms with Crippen molar-refractivity contribution in [2.45, 2.75) is 58.3 Å². The van der Waals surface area contributed by atoms with E-state index in [1.165, 1.54) is 0 Å². The number of carbonyl (C=O) groups excluding carboxylic acids is 1. The first-order valence-electron chi connectivity index (χ1n) is 7.76. The summed E-state index contributed by atoms with van der Waals surface area (Å²) in [4.78, 5) is 14.0. The molecule has 2 rings (SSSR count). The summed E-state index contributed by atoms with van der Waals surface area (Å²) in [5.41, 5.74) is 5.99. The number of nitrogens with zero attached hydrogens (tertiary/aromatic N) is 1. The van der Waals surface area contributed by atoms with Crippen LogP contribution in [0.2, 0.25) is 0 Å². The smallest absolute Gasteiger partial charge is 0.410 e. The number of piperidine rings is 1. The molecule has 5 heteroatoms. The molecule has 0 spiro atoms. The van der Waals surface area contributed by atoms with Crippen LogP contribution in [0.1, 0.15) is 40.5 Å². The quantitative estimate of drug-likeness (QED) is 0.850. The topological polar surface area (TPSA) is 64.8 Å². The van der Waals surface area contributed by atoms with Crippen LogP contribution >= 0.6 is 0 Å². The van der Waals surface area contributed by atoms with Crippen LogP contribution in [0.4, 0.5) is 10.5 Å². The van der Waals surface area contributed by atoms with E-state index in [9.17, 15) is 4.79 Å². The Hall–Kier alpha value is -1.91. The molecule has 1 fully saturated rings. The van der Waals surface area contributed by atoms with Gasteiger partial charge in [0.25, 0.3) is 0 Å². The molecule has 5 nitrogen and oxygen atoms in total. The van der Waals surface area contributed by atoms with Crippen LogP contribution in [-0.4, -0.2) is 35.3 Å². The zero-order chi connectivity index (χ0) is 16.3. The van der Waals surface area contributed by atoms with Crippen molar-refractivity contribution in [2.75, 3.05) is 12.3 Å². The lowest BCUT2D eigenvalue weighted by molar-refractivity contribution is -0.00101. The maximum absolute atomic E-state index is 12.2. The molecule has 0 aliphatic carbocycles. The van der Waals surface area contributed by atoms with E-state index in [0.717, 1.165) is 18.6 Å². The van der Waals surface area contributed by atoms with Crippen LogP contribution in [0.25, 0.3) is 0 Å². The first-order valence-corrected chi connectivity index (χ1v) is 7.76. The van der Waals surface area contributed by atoms with Crippen LogP contribution < -0.4 is 10.5 Å². The van der Waals surface area contributed by atoms with Crippen molar-refractivity contribution in [2.24, 2.45) is 0 Å². The van der Waals surface area contributed by atoms with Crippen molar-refractivity contribution in [1.82, 2.24) is 4.90 Å². The molecule has 1 aliphatic heterocycles. The summed E-state index contributed by atoms with van der Waals surface area (Å²) in [6, 6.07) is 7.53. The summed E-state index contributed by atoms with van der Waals surface area (Å²) in [7, 11) is 0. The molecule has 0 aromatic heterocycles. The average molecular weight is 306 g/mol. The molecule has 0 unspecified atom stereocenters. The van der Waals surface area contributed by atoms with Gasteiger partial charge in [0.1, 0.15) is 17.5 Å². The molecule has 1 aromatic carbocycles. The summed E-state index contributed by atoms with van der Waals surface area (Å²) in [5.74, 6) is 0.780. The Labute approximate surface area is 132 Å². The third-order valence-electron chi connectivity index (χ3n) is 3.62. The molecule has 1 amide bonds. The molecule has 0 bridgehead atoms. The first kappa shape index (κ1) is 16.5. The third kappa shape index (κ3) is 4.55. The van der Waals surface area contributed by atoms with Gasteiger partial charge in [-0.15, -0.1) is 0 Å². The van der Waals surface area contributed by atoms with Gasteiger partial charge in [-0.1, -0.05) is 6.07 Å². The van der Waals surface area contributed by atoms with Gasteiger partial charge in [0.05, 0.1) is 0 Å². The summed E-state index contributed by atoms with van der Waals surface area (Å²) < 4.78 is 11.4. The largest absolute Gasteiger partial charge is 0.490 e. The molecule has 122 valence electrons. The molecule has 22 heavy (non-hydrogen) atoms. The normalized spacial score (nSPS) is 22.3. The van der Waals surface area contributed by atoms with Crippen molar-refractivity contribution in [3.63, 3.8) is 0 Å². The van der Waals surface area contributed by atoms with Crippen molar-refractivity contribution < 1.29 is 14.3 Å². The number of ether oxygens (including phenoxy) is 2. The van der Waals surface area contributed by atoms with Gasteiger partial charge in [-0.25, -0.2) is 4.79 Å². The number of rotatable bonds is 2. The molecule has 1 aliphatic rings. The van der Waals surface area contributed by atoms with Gasteiger partial charge in [-0.05, 0) is 39.8 Å².